The third-order valence-electron chi connectivity index (χ3n) is 1.28. The minimum atomic E-state index is -0.870. The van der Waals surface area contributed by atoms with Crippen LogP contribution in [0, 0.1) is 0 Å². The van der Waals surface area contributed by atoms with Crippen LogP contribution in [0.3, 0.4) is 0 Å². The number of rotatable bonds is 1. The third kappa shape index (κ3) is 1.40. The summed E-state index contributed by atoms with van der Waals surface area (Å²) >= 11 is 0. The number of aliphatic hydroxyl groups excluding tert-OH is 2. The number of aliphatic hydroxyl groups is 2. The van der Waals surface area contributed by atoms with Crippen LogP contribution in [-0.4, -0.2) is 36.0 Å². The van der Waals surface area contributed by atoms with Gasteiger partial charge in [-0.15, -0.1) is 0 Å². The van der Waals surface area contributed by atoms with Crippen LogP contribution in [0.5, 0.6) is 0 Å². The van der Waals surface area contributed by atoms with E-state index < -0.39 is 18.7 Å². The molecule has 0 bridgehead atoms. The minimum Gasteiger partial charge on any atom is -0.388 e. The third-order valence-corrected chi connectivity index (χ3v) is 1.28. The summed E-state index contributed by atoms with van der Waals surface area (Å²) in [7, 11) is 1.42. The molecule has 2 N–H and O–H groups in total. The van der Waals surface area contributed by atoms with Crippen molar-refractivity contribution in [3.05, 3.63) is 0 Å². The lowest BCUT2D eigenvalue weighted by molar-refractivity contribution is -0.190. The van der Waals surface area contributed by atoms with Crippen LogP contribution >= 0.6 is 0 Å². The highest BCUT2D eigenvalue weighted by Gasteiger charge is 2.32. The van der Waals surface area contributed by atoms with Crippen LogP contribution < -0.4 is 0 Å². The van der Waals surface area contributed by atoms with Crippen molar-refractivity contribution in [2.45, 2.75) is 25.1 Å². The molecule has 54 valence electrons. The SMILES string of the molecule is COC1OC(O)CC1O. The van der Waals surface area contributed by atoms with Gasteiger partial charge in [0.15, 0.2) is 12.6 Å². The molecule has 0 aromatic heterocycles. The quantitative estimate of drug-likeness (QED) is 0.486. The van der Waals surface area contributed by atoms with E-state index in [1.54, 1.807) is 0 Å². The summed E-state index contributed by atoms with van der Waals surface area (Å²) < 4.78 is 9.37. The Labute approximate surface area is 53.0 Å². The molecule has 1 fully saturated rings. The second-order valence-electron chi connectivity index (χ2n) is 2.00. The van der Waals surface area contributed by atoms with E-state index >= 15 is 0 Å². The van der Waals surface area contributed by atoms with Gasteiger partial charge in [0.25, 0.3) is 0 Å². The summed E-state index contributed by atoms with van der Waals surface area (Å²) in [6.07, 6.45) is -1.98. The molecule has 0 radical (unpaired) electrons. The van der Waals surface area contributed by atoms with Crippen LogP contribution in [0.2, 0.25) is 0 Å². The van der Waals surface area contributed by atoms with Crippen molar-refractivity contribution in [2.75, 3.05) is 7.11 Å². The van der Waals surface area contributed by atoms with Crippen molar-refractivity contribution in [1.29, 1.82) is 0 Å². The van der Waals surface area contributed by atoms with Crippen LogP contribution in [0.15, 0.2) is 0 Å². The molecule has 1 heterocycles. The molecule has 3 atom stereocenters. The highest BCUT2D eigenvalue weighted by Crippen LogP contribution is 2.18. The van der Waals surface area contributed by atoms with Crippen molar-refractivity contribution in [3.63, 3.8) is 0 Å². The van der Waals surface area contributed by atoms with E-state index in [9.17, 15) is 0 Å². The number of ether oxygens (including phenoxy) is 2. The second-order valence-corrected chi connectivity index (χ2v) is 2.00. The fraction of sp³-hybridized carbons (Fsp3) is 1.00. The van der Waals surface area contributed by atoms with Gasteiger partial charge in [0.1, 0.15) is 6.10 Å². The van der Waals surface area contributed by atoms with Crippen LogP contribution in [-0.2, 0) is 9.47 Å². The zero-order valence-corrected chi connectivity index (χ0v) is 5.15. The maximum Gasteiger partial charge on any atom is 0.186 e. The van der Waals surface area contributed by atoms with Crippen LogP contribution in [0.1, 0.15) is 6.42 Å². The molecular formula is C5H10O4. The van der Waals surface area contributed by atoms with Gasteiger partial charge in [-0.25, -0.2) is 0 Å². The lowest BCUT2D eigenvalue weighted by atomic mass is 10.3. The molecule has 0 amide bonds. The number of methoxy groups -OCH3 is 1. The van der Waals surface area contributed by atoms with E-state index in [0.29, 0.717) is 0 Å². The zero-order chi connectivity index (χ0) is 6.85. The van der Waals surface area contributed by atoms with Gasteiger partial charge in [-0.1, -0.05) is 0 Å². The van der Waals surface area contributed by atoms with E-state index in [-0.39, 0.29) is 6.42 Å². The smallest absolute Gasteiger partial charge is 0.186 e. The van der Waals surface area contributed by atoms with Crippen molar-refractivity contribution < 1.29 is 19.7 Å². The minimum absolute atomic E-state index is 0.235. The van der Waals surface area contributed by atoms with Crippen LogP contribution in [0.25, 0.3) is 0 Å². The summed E-state index contributed by atoms with van der Waals surface area (Å²) in [4.78, 5) is 0. The maximum absolute atomic E-state index is 8.95. The molecule has 0 aliphatic carbocycles. The predicted molar refractivity (Wildman–Crippen MR) is 28.5 cm³/mol. The molecule has 1 rings (SSSR count). The molecule has 0 saturated carbocycles. The first-order valence-electron chi connectivity index (χ1n) is 2.78. The standard InChI is InChI=1S/C5H10O4/c1-8-5-3(6)2-4(7)9-5/h3-7H,2H2,1H3. The maximum atomic E-state index is 8.95. The monoisotopic (exact) mass is 134 g/mol. The largest absolute Gasteiger partial charge is 0.388 e. The first-order chi connectivity index (χ1) is 4.24. The fourth-order valence-electron chi connectivity index (χ4n) is 0.831. The second kappa shape index (κ2) is 2.62. The Morgan fingerprint density at radius 2 is 2.22 bits per heavy atom. The molecule has 1 saturated heterocycles. The lowest BCUT2D eigenvalue weighted by Gasteiger charge is -2.09. The highest BCUT2D eigenvalue weighted by atomic mass is 16.7. The number of hydrogen-bond acceptors (Lipinski definition) is 4. The lowest BCUT2D eigenvalue weighted by Crippen LogP contribution is -2.22. The van der Waals surface area contributed by atoms with Gasteiger partial charge in [0.05, 0.1) is 0 Å². The fourth-order valence-corrected chi connectivity index (χ4v) is 0.831. The Morgan fingerprint density at radius 1 is 1.56 bits per heavy atom. The molecule has 0 spiro atoms. The van der Waals surface area contributed by atoms with Gasteiger partial charge in [-0.3, -0.25) is 0 Å². The first kappa shape index (κ1) is 6.95. The van der Waals surface area contributed by atoms with Gasteiger partial charge in [0, 0.05) is 13.5 Å². The Hall–Kier alpha value is -0.160. The van der Waals surface area contributed by atoms with Gasteiger partial charge < -0.3 is 19.7 Å². The molecule has 0 aromatic rings. The molecule has 0 aromatic carbocycles. The van der Waals surface area contributed by atoms with Crippen molar-refractivity contribution in [3.8, 4) is 0 Å². The topological polar surface area (TPSA) is 58.9 Å². The molecule has 1 aliphatic heterocycles. The molecule has 4 nitrogen and oxygen atoms in total. The summed E-state index contributed by atoms with van der Waals surface area (Å²) in [5.74, 6) is 0. The van der Waals surface area contributed by atoms with Gasteiger partial charge in [-0.05, 0) is 0 Å². The van der Waals surface area contributed by atoms with E-state index in [1.165, 1.54) is 7.11 Å². The van der Waals surface area contributed by atoms with Gasteiger partial charge in [-0.2, -0.15) is 0 Å². The predicted octanol–water partition coefficient (Wildman–Crippen LogP) is -0.942. The van der Waals surface area contributed by atoms with E-state index in [4.69, 9.17) is 14.9 Å². The van der Waals surface area contributed by atoms with E-state index in [2.05, 4.69) is 4.74 Å². The summed E-state index contributed by atoms with van der Waals surface area (Å²) in [6.45, 7) is 0. The number of hydrogen-bond donors (Lipinski definition) is 2. The summed E-state index contributed by atoms with van der Waals surface area (Å²) in [5.41, 5.74) is 0. The summed E-state index contributed by atoms with van der Waals surface area (Å²) in [6, 6.07) is 0. The van der Waals surface area contributed by atoms with Gasteiger partial charge in [0.2, 0.25) is 0 Å². The van der Waals surface area contributed by atoms with Crippen LogP contribution in [0.4, 0.5) is 0 Å². The van der Waals surface area contributed by atoms with Crippen molar-refractivity contribution in [1.82, 2.24) is 0 Å². The zero-order valence-electron chi connectivity index (χ0n) is 5.15. The molecular weight excluding hydrogens is 124 g/mol. The van der Waals surface area contributed by atoms with Crippen molar-refractivity contribution >= 4 is 0 Å². The normalized spacial score (nSPS) is 43.7. The highest BCUT2D eigenvalue weighted by molar-refractivity contribution is 4.69. The molecule has 3 unspecified atom stereocenters. The Morgan fingerprint density at radius 3 is 2.44 bits per heavy atom. The average Bonchev–Trinajstić information content (AvgIpc) is 2.10. The summed E-state index contributed by atoms with van der Waals surface area (Å²) in [5, 5.41) is 17.7. The van der Waals surface area contributed by atoms with Crippen molar-refractivity contribution in [2.24, 2.45) is 0 Å². The average molecular weight is 134 g/mol. The van der Waals surface area contributed by atoms with E-state index in [1.807, 2.05) is 0 Å². The van der Waals surface area contributed by atoms with E-state index in [0.717, 1.165) is 0 Å². The Bertz CT molecular complexity index is 95.0. The molecule has 4 heteroatoms. The molecule has 9 heavy (non-hydrogen) atoms. The molecule has 1 aliphatic rings. The Kier molecular flexibility index (Phi) is 2.02. The first-order valence-corrected chi connectivity index (χ1v) is 2.78. The van der Waals surface area contributed by atoms with Gasteiger partial charge >= 0.3 is 0 Å². The Balaban J connectivity index is 2.38.